The molecule has 0 aliphatic carbocycles. The quantitative estimate of drug-likeness (QED) is 0.300. The van der Waals surface area contributed by atoms with Crippen LogP contribution in [0.1, 0.15) is 35.8 Å². The summed E-state index contributed by atoms with van der Waals surface area (Å²) in [5, 5.41) is 10.1. The highest BCUT2D eigenvalue weighted by Gasteiger charge is 2.26. The van der Waals surface area contributed by atoms with Crippen molar-refractivity contribution in [3.63, 3.8) is 0 Å². The molecule has 0 atom stereocenters. The van der Waals surface area contributed by atoms with Crippen LogP contribution >= 0.6 is 0 Å². The standard InChI is InChI=1S/C30H29N7O2/c1-18-27(22-8-9-25(38-2)26(14-22)39-3)36-28(34-18)21-10-12-37(13-11-21)30-23-15-24(35-29(23)32-17-33-30)20-6-4-19(16-31)5-7-20/h4-9,14-15,17,21H,10-13H2,1-3H3,(H,34,36)(H,32,33,35). The van der Waals surface area contributed by atoms with Gasteiger partial charge in [-0.1, -0.05) is 12.1 Å². The zero-order valence-corrected chi connectivity index (χ0v) is 22.2. The van der Waals surface area contributed by atoms with Crippen molar-refractivity contribution >= 4 is 16.9 Å². The van der Waals surface area contributed by atoms with E-state index in [-0.39, 0.29) is 0 Å². The minimum absolute atomic E-state index is 0.339. The van der Waals surface area contributed by atoms with Gasteiger partial charge in [0.2, 0.25) is 0 Å². The third kappa shape index (κ3) is 4.55. The number of benzene rings is 2. The zero-order valence-electron chi connectivity index (χ0n) is 22.2. The summed E-state index contributed by atoms with van der Waals surface area (Å²) in [5.41, 5.74) is 6.39. The molecule has 6 rings (SSSR count). The summed E-state index contributed by atoms with van der Waals surface area (Å²) in [6.45, 7) is 3.81. The number of aryl methyl sites for hydroxylation is 1. The summed E-state index contributed by atoms with van der Waals surface area (Å²) in [6.07, 6.45) is 3.56. The Balaban J connectivity index is 1.20. The van der Waals surface area contributed by atoms with Gasteiger partial charge < -0.3 is 24.3 Å². The van der Waals surface area contributed by atoms with Gasteiger partial charge in [-0.25, -0.2) is 15.0 Å². The number of piperidine rings is 1. The highest BCUT2D eigenvalue weighted by molar-refractivity contribution is 5.92. The maximum absolute atomic E-state index is 9.09. The smallest absolute Gasteiger partial charge is 0.161 e. The van der Waals surface area contributed by atoms with Crippen molar-refractivity contribution in [2.75, 3.05) is 32.2 Å². The number of ether oxygens (including phenoxy) is 2. The van der Waals surface area contributed by atoms with E-state index in [0.717, 1.165) is 76.8 Å². The number of rotatable bonds is 6. The van der Waals surface area contributed by atoms with Gasteiger partial charge in [0.05, 0.1) is 36.9 Å². The Morgan fingerprint density at radius 2 is 1.67 bits per heavy atom. The predicted molar refractivity (Wildman–Crippen MR) is 150 cm³/mol. The minimum atomic E-state index is 0.339. The number of nitrogens with zero attached hydrogens (tertiary/aromatic N) is 5. The molecular formula is C30H29N7O2. The van der Waals surface area contributed by atoms with E-state index in [1.165, 1.54) is 0 Å². The van der Waals surface area contributed by atoms with Crippen LogP contribution in [0.3, 0.4) is 0 Å². The largest absolute Gasteiger partial charge is 0.493 e. The number of nitriles is 1. The van der Waals surface area contributed by atoms with E-state index in [1.807, 2.05) is 42.5 Å². The van der Waals surface area contributed by atoms with Crippen LogP contribution < -0.4 is 14.4 Å². The third-order valence-corrected chi connectivity index (χ3v) is 7.47. The highest BCUT2D eigenvalue weighted by Crippen LogP contribution is 2.36. The maximum Gasteiger partial charge on any atom is 0.161 e. The van der Waals surface area contributed by atoms with Crippen molar-refractivity contribution in [3.05, 3.63) is 71.9 Å². The number of nitrogens with one attached hydrogen (secondary N) is 2. The van der Waals surface area contributed by atoms with Gasteiger partial charge in [-0.3, -0.25) is 0 Å². The number of anilines is 1. The molecule has 3 aromatic heterocycles. The second-order valence-electron chi connectivity index (χ2n) is 9.76. The molecule has 1 saturated heterocycles. The minimum Gasteiger partial charge on any atom is -0.493 e. The fourth-order valence-electron chi connectivity index (χ4n) is 5.36. The van der Waals surface area contributed by atoms with Crippen molar-refractivity contribution in [3.8, 4) is 40.1 Å². The molecule has 5 aromatic rings. The third-order valence-electron chi connectivity index (χ3n) is 7.47. The molecule has 0 unspecified atom stereocenters. The number of H-pyrrole nitrogens is 2. The fraction of sp³-hybridized carbons (Fsp3) is 0.267. The van der Waals surface area contributed by atoms with E-state index in [9.17, 15) is 0 Å². The second kappa shape index (κ2) is 10.1. The van der Waals surface area contributed by atoms with Gasteiger partial charge in [0, 0.05) is 36.0 Å². The first-order valence-electron chi connectivity index (χ1n) is 13.0. The topological polar surface area (TPSA) is 116 Å². The van der Waals surface area contributed by atoms with Crippen molar-refractivity contribution in [2.24, 2.45) is 0 Å². The lowest BCUT2D eigenvalue weighted by atomic mass is 9.96. The average Bonchev–Trinajstić information content (AvgIpc) is 3.60. The van der Waals surface area contributed by atoms with Gasteiger partial charge in [0.1, 0.15) is 23.6 Å². The van der Waals surface area contributed by atoms with E-state index < -0.39 is 0 Å². The highest BCUT2D eigenvalue weighted by atomic mass is 16.5. The van der Waals surface area contributed by atoms with Gasteiger partial charge in [0.25, 0.3) is 0 Å². The lowest BCUT2D eigenvalue weighted by Crippen LogP contribution is -2.33. The van der Waals surface area contributed by atoms with E-state index in [1.54, 1.807) is 20.5 Å². The normalized spacial score (nSPS) is 13.9. The summed E-state index contributed by atoms with van der Waals surface area (Å²) in [6, 6.07) is 17.7. The Hall–Kier alpha value is -4.84. The Labute approximate surface area is 226 Å². The summed E-state index contributed by atoms with van der Waals surface area (Å²) in [5.74, 6) is 3.69. The summed E-state index contributed by atoms with van der Waals surface area (Å²) in [4.78, 5) is 23.4. The molecule has 196 valence electrons. The first kappa shape index (κ1) is 24.5. The van der Waals surface area contributed by atoms with Crippen LogP contribution in [-0.2, 0) is 0 Å². The molecule has 9 nitrogen and oxygen atoms in total. The monoisotopic (exact) mass is 519 g/mol. The van der Waals surface area contributed by atoms with Crippen molar-refractivity contribution < 1.29 is 9.47 Å². The Bertz CT molecular complexity index is 1670. The lowest BCUT2D eigenvalue weighted by Gasteiger charge is -2.32. The van der Waals surface area contributed by atoms with Crippen LogP contribution in [0.4, 0.5) is 5.82 Å². The van der Waals surface area contributed by atoms with Crippen LogP contribution in [0.2, 0.25) is 0 Å². The molecule has 2 aromatic carbocycles. The SMILES string of the molecule is COc1ccc(-c2nc(C3CCN(c4ncnc5[nH]c(-c6ccc(C#N)cc6)cc45)CC3)[nH]c2C)cc1OC. The maximum atomic E-state index is 9.09. The number of aromatic nitrogens is 5. The molecule has 0 spiro atoms. The molecule has 0 saturated carbocycles. The van der Waals surface area contributed by atoms with Gasteiger partial charge in [-0.2, -0.15) is 5.26 Å². The molecule has 0 amide bonds. The van der Waals surface area contributed by atoms with E-state index in [2.05, 4.69) is 43.9 Å². The Kier molecular flexibility index (Phi) is 6.37. The van der Waals surface area contributed by atoms with Crippen molar-refractivity contribution in [1.82, 2.24) is 24.9 Å². The van der Waals surface area contributed by atoms with Gasteiger partial charge in [0.15, 0.2) is 11.5 Å². The van der Waals surface area contributed by atoms with Gasteiger partial charge in [-0.15, -0.1) is 0 Å². The van der Waals surface area contributed by atoms with E-state index >= 15 is 0 Å². The van der Waals surface area contributed by atoms with Crippen LogP contribution in [0.5, 0.6) is 11.5 Å². The van der Waals surface area contributed by atoms with Crippen molar-refractivity contribution in [1.29, 1.82) is 5.26 Å². The molecule has 9 heteroatoms. The van der Waals surface area contributed by atoms with E-state index in [4.69, 9.17) is 19.7 Å². The first-order valence-corrected chi connectivity index (χ1v) is 13.0. The predicted octanol–water partition coefficient (Wildman–Crippen LogP) is 5.60. The Morgan fingerprint density at radius 1 is 0.923 bits per heavy atom. The fourth-order valence-corrected chi connectivity index (χ4v) is 5.36. The number of hydrogen-bond donors (Lipinski definition) is 2. The van der Waals surface area contributed by atoms with Gasteiger partial charge >= 0.3 is 0 Å². The Morgan fingerprint density at radius 3 is 2.38 bits per heavy atom. The molecule has 1 fully saturated rings. The number of imidazole rings is 1. The number of hydrogen-bond acceptors (Lipinski definition) is 7. The van der Waals surface area contributed by atoms with Crippen LogP contribution in [0.25, 0.3) is 33.5 Å². The first-order chi connectivity index (χ1) is 19.1. The summed E-state index contributed by atoms with van der Waals surface area (Å²) >= 11 is 0. The molecular weight excluding hydrogens is 490 g/mol. The lowest BCUT2D eigenvalue weighted by molar-refractivity contribution is 0.355. The van der Waals surface area contributed by atoms with Crippen LogP contribution in [0.15, 0.2) is 54.9 Å². The summed E-state index contributed by atoms with van der Waals surface area (Å²) < 4.78 is 10.9. The number of methoxy groups -OCH3 is 2. The molecule has 1 aliphatic rings. The van der Waals surface area contributed by atoms with E-state index in [0.29, 0.717) is 23.0 Å². The summed E-state index contributed by atoms with van der Waals surface area (Å²) in [7, 11) is 3.28. The number of fused-ring (bicyclic) bond motifs is 1. The molecule has 1 aliphatic heterocycles. The van der Waals surface area contributed by atoms with Gasteiger partial charge in [-0.05, 0) is 61.7 Å². The van der Waals surface area contributed by atoms with Crippen LogP contribution in [0, 0.1) is 18.3 Å². The molecule has 0 bridgehead atoms. The molecule has 0 radical (unpaired) electrons. The van der Waals surface area contributed by atoms with Crippen LogP contribution in [-0.4, -0.2) is 52.2 Å². The second-order valence-corrected chi connectivity index (χ2v) is 9.76. The molecule has 2 N–H and O–H groups in total. The number of aromatic amines is 2. The molecule has 39 heavy (non-hydrogen) atoms. The van der Waals surface area contributed by atoms with Crippen molar-refractivity contribution in [2.45, 2.75) is 25.7 Å². The zero-order chi connectivity index (χ0) is 26.9. The average molecular weight is 520 g/mol. The molecule has 4 heterocycles.